The van der Waals surface area contributed by atoms with Crippen molar-refractivity contribution >= 4 is 86.8 Å². The van der Waals surface area contributed by atoms with Crippen molar-refractivity contribution in [2.45, 2.75) is 0 Å². The molecule has 0 saturated heterocycles. The predicted octanol–water partition coefficient (Wildman–Crippen LogP) is 14.5. The highest BCUT2D eigenvalue weighted by molar-refractivity contribution is 6.21. The zero-order valence-electron chi connectivity index (χ0n) is 32.2. The highest BCUT2D eigenvalue weighted by Crippen LogP contribution is 2.43. The highest BCUT2D eigenvalue weighted by atomic mass is 16.3. The van der Waals surface area contributed by atoms with E-state index in [2.05, 4.69) is 199 Å². The van der Waals surface area contributed by atoms with Crippen molar-refractivity contribution < 1.29 is 4.42 Å². The second-order valence-corrected chi connectivity index (χ2v) is 15.6. The van der Waals surface area contributed by atoms with Crippen molar-refractivity contribution in [3.8, 4) is 39.9 Å². The Labute approximate surface area is 343 Å². The van der Waals surface area contributed by atoms with Gasteiger partial charge in [0.05, 0.1) is 22.3 Å². The summed E-state index contributed by atoms with van der Waals surface area (Å²) < 4.78 is 9.48. The third-order valence-electron chi connectivity index (χ3n) is 12.2. The van der Waals surface area contributed by atoms with Crippen molar-refractivity contribution in [2.75, 3.05) is 0 Å². The van der Waals surface area contributed by atoms with Crippen molar-refractivity contribution in [1.29, 1.82) is 0 Å². The molecule has 0 N–H and O–H groups in total. The lowest BCUT2D eigenvalue weighted by molar-refractivity contribution is 0.673. The Bertz CT molecular complexity index is 3820. The molecule has 0 bridgehead atoms. The lowest BCUT2D eigenvalue weighted by Crippen LogP contribution is -2.00. The van der Waals surface area contributed by atoms with Gasteiger partial charge in [-0.15, -0.1) is 0 Å². The van der Waals surface area contributed by atoms with E-state index >= 15 is 0 Å². The molecule has 278 valence electrons. The summed E-state index contributed by atoms with van der Waals surface area (Å²) in [7, 11) is 0. The molecule has 0 aliphatic heterocycles. The standard InChI is InChI=1S/C55H32N4O/c1-3-14-35-28-39(26-24-33(35)12-1)53-56-54(40-27-25-34-13-2-4-15-36(34)29-40)58-55(57-53)45-22-11-21-44-47-32-50(41-18-7-8-20-43(41)52(47)60-51(44)45)59-48-23-10-9-19-42(48)46-30-37-16-5-6-17-38(37)31-49(46)59/h1-32H. The second-order valence-electron chi connectivity index (χ2n) is 15.6. The van der Waals surface area contributed by atoms with Crippen LogP contribution in [-0.2, 0) is 0 Å². The van der Waals surface area contributed by atoms with Crippen LogP contribution in [0.15, 0.2) is 199 Å². The molecule has 0 spiro atoms. The lowest BCUT2D eigenvalue weighted by atomic mass is 10.0. The molecule has 5 nitrogen and oxygen atoms in total. The van der Waals surface area contributed by atoms with Crippen LogP contribution in [0.25, 0.3) is 127 Å². The largest absolute Gasteiger partial charge is 0.455 e. The Hall–Kier alpha value is -8.15. The molecule has 3 aromatic heterocycles. The Morgan fingerprint density at radius 1 is 0.317 bits per heavy atom. The van der Waals surface area contributed by atoms with E-state index < -0.39 is 0 Å². The van der Waals surface area contributed by atoms with Crippen molar-refractivity contribution in [3.05, 3.63) is 194 Å². The van der Waals surface area contributed by atoms with Gasteiger partial charge in [-0.05, 0) is 74.8 Å². The molecule has 60 heavy (non-hydrogen) atoms. The SMILES string of the molecule is c1ccc2cc(-c3nc(-c4ccc5ccccc5c4)nc(-c4cccc5c4oc4c6ccccc6c(-n6c7ccccc7c7cc8ccccc8cc76)cc54)n3)ccc2c1. The van der Waals surface area contributed by atoms with Gasteiger partial charge in [0, 0.05) is 43.4 Å². The number of nitrogens with zero attached hydrogens (tertiary/aromatic N) is 4. The minimum Gasteiger partial charge on any atom is -0.455 e. The molecule has 10 aromatic carbocycles. The van der Waals surface area contributed by atoms with Gasteiger partial charge in [-0.1, -0.05) is 152 Å². The lowest BCUT2D eigenvalue weighted by Gasteiger charge is -2.13. The minimum absolute atomic E-state index is 0.555. The van der Waals surface area contributed by atoms with Gasteiger partial charge < -0.3 is 8.98 Å². The molecular weight excluding hydrogens is 733 g/mol. The monoisotopic (exact) mass is 764 g/mol. The maximum Gasteiger partial charge on any atom is 0.167 e. The Balaban J connectivity index is 1.07. The Morgan fingerprint density at radius 2 is 0.833 bits per heavy atom. The van der Waals surface area contributed by atoms with E-state index in [-0.39, 0.29) is 0 Å². The molecule has 0 aliphatic rings. The van der Waals surface area contributed by atoms with Crippen LogP contribution < -0.4 is 0 Å². The molecule has 13 aromatic rings. The Morgan fingerprint density at radius 3 is 1.52 bits per heavy atom. The normalized spacial score (nSPS) is 12.0. The molecule has 5 heteroatoms. The summed E-state index contributed by atoms with van der Waals surface area (Å²) in [6.07, 6.45) is 0. The van der Waals surface area contributed by atoms with E-state index in [9.17, 15) is 0 Å². The van der Waals surface area contributed by atoms with E-state index in [1.165, 1.54) is 27.1 Å². The third-order valence-corrected chi connectivity index (χ3v) is 12.2. The molecule has 0 radical (unpaired) electrons. The molecule has 3 heterocycles. The first-order valence-corrected chi connectivity index (χ1v) is 20.3. The number of hydrogen-bond donors (Lipinski definition) is 0. The van der Waals surface area contributed by atoms with Gasteiger partial charge in [0.2, 0.25) is 0 Å². The number of para-hydroxylation sites is 2. The van der Waals surface area contributed by atoms with Gasteiger partial charge in [0.1, 0.15) is 11.2 Å². The molecule has 0 amide bonds. The summed E-state index contributed by atoms with van der Waals surface area (Å²) in [5.41, 5.74) is 7.66. The summed E-state index contributed by atoms with van der Waals surface area (Å²) >= 11 is 0. The van der Waals surface area contributed by atoms with Gasteiger partial charge in [0.25, 0.3) is 0 Å². The summed E-state index contributed by atoms with van der Waals surface area (Å²) in [5.74, 6) is 1.77. The molecule has 13 rings (SSSR count). The smallest absolute Gasteiger partial charge is 0.167 e. The van der Waals surface area contributed by atoms with E-state index in [1.807, 2.05) is 0 Å². The molecule has 0 saturated carbocycles. The van der Waals surface area contributed by atoms with Crippen LogP contribution in [0.5, 0.6) is 0 Å². The first kappa shape index (κ1) is 32.9. The molecule has 0 unspecified atom stereocenters. The number of rotatable bonds is 4. The van der Waals surface area contributed by atoms with E-state index in [0.717, 1.165) is 82.2 Å². The summed E-state index contributed by atoms with van der Waals surface area (Å²) in [4.78, 5) is 15.6. The van der Waals surface area contributed by atoms with Gasteiger partial charge in [-0.3, -0.25) is 0 Å². The molecular formula is C55H32N4O. The number of benzene rings is 10. The van der Waals surface area contributed by atoms with Crippen molar-refractivity contribution in [3.63, 3.8) is 0 Å². The average molecular weight is 765 g/mol. The summed E-state index contributed by atoms with van der Waals surface area (Å²) in [6, 6.07) is 68.7. The van der Waals surface area contributed by atoms with Gasteiger partial charge >= 0.3 is 0 Å². The van der Waals surface area contributed by atoms with Crippen LogP contribution in [0.2, 0.25) is 0 Å². The first-order valence-electron chi connectivity index (χ1n) is 20.3. The summed E-state index contributed by atoms with van der Waals surface area (Å²) in [6.45, 7) is 0. The van der Waals surface area contributed by atoms with Crippen LogP contribution in [0.3, 0.4) is 0 Å². The Kier molecular flexibility index (Phi) is 6.95. The van der Waals surface area contributed by atoms with Gasteiger partial charge in [-0.2, -0.15) is 0 Å². The third kappa shape index (κ3) is 4.96. The number of hydrogen-bond acceptors (Lipinski definition) is 4. The van der Waals surface area contributed by atoms with E-state index in [4.69, 9.17) is 19.4 Å². The fraction of sp³-hybridized carbons (Fsp3) is 0. The summed E-state index contributed by atoms with van der Waals surface area (Å²) in [5, 5.41) is 13.7. The fourth-order valence-corrected chi connectivity index (χ4v) is 9.29. The van der Waals surface area contributed by atoms with Crippen LogP contribution >= 0.6 is 0 Å². The average Bonchev–Trinajstić information content (AvgIpc) is 3.85. The van der Waals surface area contributed by atoms with Crippen molar-refractivity contribution in [1.82, 2.24) is 19.5 Å². The topological polar surface area (TPSA) is 56.7 Å². The fourth-order valence-electron chi connectivity index (χ4n) is 9.29. The quantitative estimate of drug-likeness (QED) is 0.179. The van der Waals surface area contributed by atoms with E-state index in [1.54, 1.807) is 0 Å². The highest BCUT2D eigenvalue weighted by Gasteiger charge is 2.22. The van der Waals surface area contributed by atoms with Crippen molar-refractivity contribution in [2.24, 2.45) is 0 Å². The van der Waals surface area contributed by atoms with Crippen LogP contribution in [0.1, 0.15) is 0 Å². The maximum atomic E-state index is 7.05. The van der Waals surface area contributed by atoms with Crippen LogP contribution in [-0.4, -0.2) is 19.5 Å². The second kappa shape index (κ2) is 12.7. The zero-order valence-corrected chi connectivity index (χ0v) is 32.2. The maximum absolute atomic E-state index is 7.05. The predicted molar refractivity (Wildman–Crippen MR) is 248 cm³/mol. The van der Waals surface area contributed by atoms with Gasteiger partial charge in [0.15, 0.2) is 17.5 Å². The molecule has 0 atom stereocenters. The van der Waals surface area contributed by atoms with Crippen LogP contribution in [0.4, 0.5) is 0 Å². The van der Waals surface area contributed by atoms with E-state index in [0.29, 0.717) is 17.5 Å². The minimum atomic E-state index is 0.555. The zero-order chi connectivity index (χ0) is 39.3. The van der Waals surface area contributed by atoms with Crippen LogP contribution in [0, 0.1) is 0 Å². The van der Waals surface area contributed by atoms with Gasteiger partial charge in [-0.25, -0.2) is 15.0 Å². The molecule has 0 fully saturated rings. The number of aromatic nitrogens is 4. The number of furan rings is 1. The molecule has 0 aliphatic carbocycles. The first-order chi connectivity index (χ1) is 29.7. The number of fused-ring (bicyclic) bond motifs is 11.